The van der Waals surface area contributed by atoms with Crippen LogP contribution < -0.4 is 0 Å². The number of rotatable bonds is 8. The number of ketones is 1. The van der Waals surface area contributed by atoms with Gasteiger partial charge in [0.15, 0.2) is 9.84 Å². The summed E-state index contributed by atoms with van der Waals surface area (Å²) in [6.45, 7) is 3.31. The summed E-state index contributed by atoms with van der Waals surface area (Å²) in [4.78, 5) is 24.7. The Hall–Kier alpha value is -3.13. The predicted octanol–water partition coefficient (Wildman–Crippen LogP) is 4.13. The number of unbranched alkanes of at least 4 members (excludes halogenated alkanes) is 1. The number of hydrogen-bond acceptors (Lipinski definition) is 6. The maximum atomic E-state index is 13.1. The lowest BCUT2D eigenvalue weighted by molar-refractivity contribution is -0.138. The van der Waals surface area contributed by atoms with E-state index in [-0.39, 0.29) is 32.9 Å². The van der Waals surface area contributed by atoms with Crippen LogP contribution in [0, 0.1) is 0 Å². The standard InChI is InChI=1S/C22H22O7S/c1-3-4-11-30(27,28)16-7-5-14(6-8-16)19(23)18-20(24)17(13(2)22(25)26)12-15-9-10-29-21(15)18/h5-10,12-13,24H,3-4,11H2,1-2H3,(H,25,26). The van der Waals surface area contributed by atoms with E-state index in [0.29, 0.717) is 11.8 Å². The molecule has 3 rings (SSSR count). The van der Waals surface area contributed by atoms with Gasteiger partial charge in [-0.2, -0.15) is 0 Å². The number of fused-ring (bicyclic) bond motifs is 1. The van der Waals surface area contributed by atoms with Gasteiger partial charge in [-0.3, -0.25) is 9.59 Å². The van der Waals surface area contributed by atoms with Gasteiger partial charge in [0.1, 0.15) is 16.9 Å². The Bertz CT molecular complexity index is 1200. The average molecular weight is 430 g/mol. The van der Waals surface area contributed by atoms with E-state index in [4.69, 9.17) is 4.42 Å². The summed E-state index contributed by atoms with van der Waals surface area (Å²) in [6.07, 6.45) is 2.64. The number of phenolic OH excluding ortho intramolecular Hbond substituents is 1. The van der Waals surface area contributed by atoms with Crippen molar-refractivity contribution in [3.8, 4) is 5.75 Å². The summed E-state index contributed by atoms with van der Waals surface area (Å²) in [5, 5.41) is 20.5. The third-order valence-corrected chi connectivity index (χ3v) is 6.87. The van der Waals surface area contributed by atoms with E-state index in [9.17, 15) is 28.2 Å². The van der Waals surface area contributed by atoms with Gasteiger partial charge in [-0.05, 0) is 49.7 Å². The number of carbonyl (C=O) groups excluding carboxylic acids is 1. The van der Waals surface area contributed by atoms with E-state index in [0.717, 1.165) is 6.42 Å². The van der Waals surface area contributed by atoms with Gasteiger partial charge in [-0.25, -0.2) is 8.42 Å². The van der Waals surface area contributed by atoms with Crippen molar-refractivity contribution in [1.82, 2.24) is 0 Å². The lowest BCUT2D eigenvalue weighted by Crippen LogP contribution is -2.11. The predicted molar refractivity (Wildman–Crippen MR) is 111 cm³/mol. The Kier molecular flexibility index (Phi) is 5.98. The second-order valence-corrected chi connectivity index (χ2v) is 9.22. The van der Waals surface area contributed by atoms with Crippen molar-refractivity contribution in [1.29, 1.82) is 0 Å². The Morgan fingerprint density at radius 1 is 1.13 bits per heavy atom. The smallest absolute Gasteiger partial charge is 0.310 e. The highest BCUT2D eigenvalue weighted by Gasteiger charge is 2.27. The molecular formula is C22H22O7S. The van der Waals surface area contributed by atoms with Gasteiger partial charge in [-0.1, -0.05) is 13.3 Å². The van der Waals surface area contributed by atoms with E-state index in [1.165, 1.54) is 43.5 Å². The van der Waals surface area contributed by atoms with E-state index in [1.54, 1.807) is 6.07 Å². The Morgan fingerprint density at radius 2 is 1.80 bits per heavy atom. The summed E-state index contributed by atoms with van der Waals surface area (Å²) >= 11 is 0. The van der Waals surface area contributed by atoms with Crippen LogP contribution in [-0.2, 0) is 14.6 Å². The molecule has 158 valence electrons. The molecule has 0 spiro atoms. The third-order valence-electron chi connectivity index (χ3n) is 5.05. The van der Waals surface area contributed by atoms with Crippen molar-refractivity contribution in [3.05, 3.63) is 59.4 Å². The molecule has 2 aromatic carbocycles. The van der Waals surface area contributed by atoms with Crippen LogP contribution in [0.15, 0.2) is 52.0 Å². The fraction of sp³-hybridized carbons (Fsp3) is 0.273. The quantitative estimate of drug-likeness (QED) is 0.515. The minimum absolute atomic E-state index is 0.0275. The Balaban J connectivity index is 2.06. The first-order valence-corrected chi connectivity index (χ1v) is 11.2. The molecule has 0 amide bonds. The molecule has 0 radical (unpaired) electrons. The van der Waals surface area contributed by atoms with Gasteiger partial charge in [0.05, 0.1) is 22.8 Å². The maximum Gasteiger partial charge on any atom is 0.310 e. The second-order valence-electron chi connectivity index (χ2n) is 7.11. The van der Waals surface area contributed by atoms with E-state index in [2.05, 4.69) is 0 Å². The van der Waals surface area contributed by atoms with Crippen LogP contribution in [0.25, 0.3) is 11.0 Å². The molecule has 1 unspecified atom stereocenters. The van der Waals surface area contributed by atoms with E-state index < -0.39 is 33.3 Å². The molecule has 0 aliphatic carbocycles. The van der Waals surface area contributed by atoms with Crippen LogP contribution in [0.3, 0.4) is 0 Å². The second kappa shape index (κ2) is 8.31. The molecular weight excluding hydrogens is 408 g/mol. The summed E-state index contributed by atoms with van der Waals surface area (Å²) in [5.74, 6) is -3.21. The van der Waals surface area contributed by atoms with Crippen molar-refractivity contribution in [3.63, 3.8) is 0 Å². The maximum absolute atomic E-state index is 13.1. The molecule has 0 bridgehead atoms. The highest BCUT2D eigenvalue weighted by Crippen LogP contribution is 2.37. The van der Waals surface area contributed by atoms with Gasteiger partial charge in [-0.15, -0.1) is 0 Å². The molecule has 7 nitrogen and oxygen atoms in total. The first-order chi connectivity index (χ1) is 14.2. The molecule has 1 heterocycles. The Labute approximate surface area is 173 Å². The number of carboxylic acids is 1. The van der Waals surface area contributed by atoms with E-state index >= 15 is 0 Å². The van der Waals surface area contributed by atoms with Crippen LogP contribution in [0.4, 0.5) is 0 Å². The van der Waals surface area contributed by atoms with Crippen LogP contribution in [0.2, 0.25) is 0 Å². The molecule has 1 atom stereocenters. The van der Waals surface area contributed by atoms with Gasteiger partial charge in [0.2, 0.25) is 5.78 Å². The average Bonchev–Trinajstić information content (AvgIpc) is 3.19. The molecule has 0 aliphatic rings. The summed E-state index contributed by atoms with van der Waals surface area (Å²) in [7, 11) is -3.44. The first-order valence-electron chi connectivity index (χ1n) is 9.50. The molecule has 3 aromatic rings. The number of furan rings is 1. The lowest BCUT2D eigenvalue weighted by atomic mass is 9.92. The Morgan fingerprint density at radius 3 is 2.40 bits per heavy atom. The number of benzene rings is 2. The summed E-state index contributed by atoms with van der Waals surface area (Å²) in [5.41, 5.74) is 0.233. The number of sulfone groups is 1. The van der Waals surface area contributed by atoms with Crippen LogP contribution >= 0.6 is 0 Å². The van der Waals surface area contributed by atoms with Crippen LogP contribution in [-0.4, -0.2) is 36.1 Å². The van der Waals surface area contributed by atoms with Gasteiger partial charge in [0, 0.05) is 16.5 Å². The molecule has 1 aromatic heterocycles. The monoisotopic (exact) mass is 430 g/mol. The van der Waals surface area contributed by atoms with E-state index in [1.807, 2.05) is 6.92 Å². The zero-order valence-electron chi connectivity index (χ0n) is 16.6. The molecule has 0 saturated carbocycles. The highest BCUT2D eigenvalue weighted by atomic mass is 32.2. The molecule has 0 aliphatic heterocycles. The number of hydrogen-bond donors (Lipinski definition) is 2. The topological polar surface area (TPSA) is 122 Å². The molecule has 8 heteroatoms. The minimum atomic E-state index is -3.44. The van der Waals surface area contributed by atoms with Crippen LogP contribution in [0.1, 0.15) is 54.1 Å². The molecule has 2 N–H and O–H groups in total. The number of carboxylic acid groups (broad SMARTS) is 1. The zero-order valence-corrected chi connectivity index (χ0v) is 17.4. The van der Waals surface area contributed by atoms with Crippen molar-refractivity contribution in [2.75, 3.05) is 5.75 Å². The van der Waals surface area contributed by atoms with Crippen molar-refractivity contribution in [2.24, 2.45) is 0 Å². The third kappa shape index (κ3) is 3.95. The molecule has 0 fully saturated rings. The van der Waals surface area contributed by atoms with Crippen molar-refractivity contribution >= 4 is 32.6 Å². The normalized spacial score (nSPS) is 12.7. The number of phenols is 1. The lowest BCUT2D eigenvalue weighted by Gasteiger charge is -2.13. The SMILES string of the molecule is CCCCS(=O)(=O)c1ccc(C(=O)c2c(O)c(C(C)C(=O)O)cc3ccoc23)cc1. The van der Waals surface area contributed by atoms with Crippen LogP contribution in [0.5, 0.6) is 5.75 Å². The van der Waals surface area contributed by atoms with Gasteiger partial charge < -0.3 is 14.6 Å². The fourth-order valence-electron chi connectivity index (χ4n) is 3.21. The van der Waals surface area contributed by atoms with Gasteiger partial charge in [0.25, 0.3) is 0 Å². The summed E-state index contributed by atoms with van der Waals surface area (Å²) in [6, 6.07) is 8.53. The summed E-state index contributed by atoms with van der Waals surface area (Å²) < 4.78 is 30.0. The van der Waals surface area contributed by atoms with Gasteiger partial charge >= 0.3 is 5.97 Å². The number of aromatic hydroxyl groups is 1. The molecule has 30 heavy (non-hydrogen) atoms. The fourth-order valence-corrected chi connectivity index (χ4v) is 4.66. The first kappa shape index (κ1) is 21.6. The minimum Gasteiger partial charge on any atom is -0.507 e. The highest BCUT2D eigenvalue weighted by molar-refractivity contribution is 7.91. The number of carbonyl (C=O) groups is 2. The van der Waals surface area contributed by atoms with Crippen molar-refractivity contribution in [2.45, 2.75) is 37.5 Å². The molecule has 0 saturated heterocycles. The zero-order chi connectivity index (χ0) is 22.1. The van der Waals surface area contributed by atoms with Crippen molar-refractivity contribution < 1.29 is 32.6 Å². The number of aliphatic carboxylic acids is 1. The largest absolute Gasteiger partial charge is 0.507 e.